The van der Waals surface area contributed by atoms with Crippen LogP contribution in [0.5, 0.6) is 11.5 Å². The van der Waals surface area contributed by atoms with E-state index in [-0.39, 0.29) is 16.9 Å². The van der Waals surface area contributed by atoms with Crippen LogP contribution >= 0.6 is 0 Å². The summed E-state index contributed by atoms with van der Waals surface area (Å²) in [4.78, 5) is 2.13. The molecular weight excluding hydrogens is 292 g/mol. The summed E-state index contributed by atoms with van der Waals surface area (Å²) in [5.74, 6) is 0.148. The number of likely N-dealkylation sites (tertiary alicyclic amines) is 1. The van der Waals surface area contributed by atoms with Crippen LogP contribution in [0.1, 0.15) is 24.8 Å². The fraction of sp³-hybridized carbons (Fsp3) is 0.500. The van der Waals surface area contributed by atoms with Crippen LogP contribution in [0.2, 0.25) is 0 Å². The monoisotopic (exact) mass is 309 g/mol. The number of fused-ring (bicyclic) bond motifs is 2. The van der Waals surface area contributed by atoms with Crippen molar-refractivity contribution in [2.45, 2.75) is 37.1 Å². The van der Waals surface area contributed by atoms with Gasteiger partial charge in [-0.25, -0.2) is 0 Å². The molecule has 22 heavy (non-hydrogen) atoms. The summed E-state index contributed by atoms with van der Waals surface area (Å²) in [6, 6.07) is 5.02. The number of rotatable bonds is 1. The standard InChI is InChI=1S/C16H17F2NO3/c1-19-7-6-15(5-4-11(20)9-14(15)19)10-2-3-12-13(8-10)22-16(17,18)21-12/h2-3,8-9,11,20H,4-7H2,1H3/t11-,15+/m1/s1. The minimum atomic E-state index is -3.59. The van der Waals surface area contributed by atoms with Gasteiger partial charge in [0.1, 0.15) is 0 Å². The van der Waals surface area contributed by atoms with Crippen LogP contribution in [-0.4, -0.2) is 36.0 Å². The van der Waals surface area contributed by atoms with Crippen molar-refractivity contribution in [3.05, 3.63) is 35.5 Å². The lowest BCUT2D eigenvalue weighted by Crippen LogP contribution is -2.33. The Hall–Kier alpha value is -1.82. The van der Waals surface area contributed by atoms with Crippen molar-refractivity contribution in [2.75, 3.05) is 13.6 Å². The van der Waals surface area contributed by atoms with E-state index in [0.717, 1.165) is 30.6 Å². The predicted octanol–water partition coefficient (Wildman–Crippen LogP) is 2.62. The molecule has 1 aromatic rings. The van der Waals surface area contributed by atoms with Crippen LogP contribution < -0.4 is 9.47 Å². The molecule has 1 fully saturated rings. The Morgan fingerprint density at radius 1 is 1.23 bits per heavy atom. The van der Waals surface area contributed by atoms with Gasteiger partial charge in [0, 0.05) is 24.7 Å². The first-order chi connectivity index (χ1) is 10.4. The molecule has 1 aliphatic carbocycles. The molecule has 6 heteroatoms. The maximum absolute atomic E-state index is 13.2. The molecule has 0 spiro atoms. The Bertz CT molecular complexity index is 661. The van der Waals surface area contributed by atoms with Gasteiger partial charge in [0.2, 0.25) is 0 Å². The average molecular weight is 309 g/mol. The van der Waals surface area contributed by atoms with E-state index in [2.05, 4.69) is 14.4 Å². The largest absolute Gasteiger partial charge is 0.586 e. The Labute approximate surface area is 126 Å². The number of alkyl halides is 2. The van der Waals surface area contributed by atoms with Crippen LogP contribution in [0.4, 0.5) is 8.78 Å². The van der Waals surface area contributed by atoms with Crippen molar-refractivity contribution in [2.24, 2.45) is 0 Å². The number of nitrogens with zero attached hydrogens (tertiary/aromatic N) is 1. The summed E-state index contributed by atoms with van der Waals surface area (Å²) in [6.45, 7) is 0.878. The number of hydrogen-bond acceptors (Lipinski definition) is 4. The minimum Gasteiger partial charge on any atom is -0.395 e. The molecule has 0 radical (unpaired) electrons. The lowest BCUT2D eigenvalue weighted by molar-refractivity contribution is -0.286. The molecule has 1 saturated heterocycles. The Balaban J connectivity index is 1.78. The highest BCUT2D eigenvalue weighted by Gasteiger charge is 2.48. The number of hydrogen-bond donors (Lipinski definition) is 1. The fourth-order valence-electron chi connectivity index (χ4n) is 3.86. The second kappa shape index (κ2) is 4.35. The number of benzene rings is 1. The van der Waals surface area contributed by atoms with E-state index in [1.165, 1.54) is 0 Å². The molecule has 1 aromatic carbocycles. The van der Waals surface area contributed by atoms with Gasteiger partial charge >= 0.3 is 6.29 Å². The number of ether oxygens (including phenoxy) is 2. The van der Waals surface area contributed by atoms with Gasteiger partial charge in [-0.3, -0.25) is 0 Å². The number of aliphatic hydroxyl groups excluding tert-OH is 1. The van der Waals surface area contributed by atoms with Crippen LogP contribution in [0, 0.1) is 0 Å². The fourth-order valence-corrected chi connectivity index (χ4v) is 3.86. The first kappa shape index (κ1) is 13.8. The van der Waals surface area contributed by atoms with E-state index in [4.69, 9.17) is 0 Å². The van der Waals surface area contributed by atoms with E-state index in [0.29, 0.717) is 6.42 Å². The molecule has 0 unspecified atom stereocenters. The molecule has 3 aliphatic rings. The molecular formula is C16H17F2NO3. The minimum absolute atomic E-state index is 0.0675. The quantitative estimate of drug-likeness (QED) is 0.866. The van der Waals surface area contributed by atoms with Gasteiger partial charge in [-0.2, -0.15) is 0 Å². The van der Waals surface area contributed by atoms with Gasteiger partial charge in [-0.15, -0.1) is 8.78 Å². The molecule has 2 aliphatic heterocycles. The zero-order valence-corrected chi connectivity index (χ0v) is 12.2. The lowest BCUT2D eigenvalue weighted by atomic mass is 9.70. The zero-order chi connectivity index (χ0) is 15.5. The van der Waals surface area contributed by atoms with Crippen molar-refractivity contribution in [1.82, 2.24) is 4.90 Å². The summed E-state index contributed by atoms with van der Waals surface area (Å²) >= 11 is 0. The molecule has 2 heterocycles. The predicted molar refractivity (Wildman–Crippen MR) is 74.9 cm³/mol. The van der Waals surface area contributed by atoms with Crippen molar-refractivity contribution in [1.29, 1.82) is 0 Å². The third kappa shape index (κ3) is 1.90. The van der Waals surface area contributed by atoms with E-state index >= 15 is 0 Å². The van der Waals surface area contributed by atoms with Gasteiger partial charge in [-0.05, 0) is 43.0 Å². The molecule has 2 atom stereocenters. The highest BCUT2D eigenvalue weighted by atomic mass is 19.3. The Kier molecular flexibility index (Phi) is 2.73. The molecule has 118 valence electrons. The lowest BCUT2D eigenvalue weighted by Gasteiger charge is -2.37. The second-order valence-corrected chi connectivity index (χ2v) is 6.24. The molecule has 1 N–H and O–H groups in total. The normalized spacial score (nSPS) is 31.9. The third-order valence-corrected chi connectivity index (χ3v) is 4.95. The van der Waals surface area contributed by atoms with E-state index in [1.807, 2.05) is 19.2 Å². The van der Waals surface area contributed by atoms with Crippen molar-refractivity contribution in [3.63, 3.8) is 0 Å². The van der Waals surface area contributed by atoms with Crippen molar-refractivity contribution in [3.8, 4) is 11.5 Å². The Morgan fingerprint density at radius 2 is 2.00 bits per heavy atom. The van der Waals surface area contributed by atoms with Gasteiger partial charge in [-0.1, -0.05) is 6.07 Å². The van der Waals surface area contributed by atoms with Crippen molar-refractivity contribution < 1.29 is 23.4 Å². The van der Waals surface area contributed by atoms with Gasteiger partial charge in [0.25, 0.3) is 0 Å². The summed E-state index contributed by atoms with van der Waals surface area (Å²) in [5.41, 5.74) is 1.77. The number of aliphatic hydroxyl groups is 1. The molecule has 4 rings (SSSR count). The average Bonchev–Trinajstić information content (AvgIpc) is 2.95. The van der Waals surface area contributed by atoms with Gasteiger partial charge < -0.3 is 19.5 Å². The first-order valence-electron chi connectivity index (χ1n) is 7.42. The first-order valence-corrected chi connectivity index (χ1v) is 7.42. The van der Waals surface area contributed by atoms with E-state index in [9.17, 15) is 13.9 Å². The summed E-state index contributed by atoms with van der Waals surface area (Å²) in [7, 11) is 1.99. The zero-order valence-electron chi connectivity index (χ0n) is 12.2. The second-order valence-electron chi connectivity index (χ2n) is 6.24. The smallest absolute Gasteiger partial charge is 0.395 e. The van der Waals surface area contributed by atoms with Crippen LogP contribution in [0.3, 0.4) is 0 Å². The van der Waals surface area contributed by atoms with Gasteiger partial charge in [0.15, 0.2) is 11.5 Å². The third-order valence-electron chi connectivity index (χ3n) is 4.95. The highest BCUT2D eigenvalue weighted by molar-refractivity contribution is 5.50. The van der Waals surface area contributed by atoms with E-state index < -0.39 is 12.4 Å². The molecule has 0 amide bonds. The summed E-state index contributed by atoms with van der Waals surface area (Å²) < 4.78 is 35.4. The van der Waals surface area contributed by atoms with Crippen LogP contribution in [-0.2, 0) is 5.41 Å². The van der Waals surface area contributed by atoms with Crippen LogP contribution in [0.25, 0.3) is 0 Å². The van der Waals surface area contributed by atoms with Crippen molar-refractivity contribution >= 4 is 0 Å². The maximum atomic E-state index is 13.2. The Morgan fingerprint density at radius 3 is 2.82 bits per heavy atom. The van der Waals surface area contributed by atoms with E-state index in [1.54, 1.807) is 12.1 Å². The number of halogens is 2. The molecule has 0 saturated carbocycles. The summed E-state index contributed by atoms with van der Waals surface area (Å²) in [6.07, 6.45) is 0.213. The summed E-state index contributed by atoms with van der Waals surface area (Å²) in [5, 5.41) is 9.91. The topological polar surface area (TPSA) is 41.9 Å². The SMILES string of the molecule is CN1CC[C@]2(c3ccc4c(c3)OC(F)(F)O4)CC[C@@H](O)C=C12. The maximum Gasteiger partial charge on any atom is 0.586 e. The molecule has 0 bridgehead atoms. The number of allylic oxidation sites excluding steroid dienone is 1. The highest BCUT2D eigenvalue weighted by Crippen LogP contribution is 2.51. The van der Waals surface area contributed by atoms with Crippen LogP contribution in [0.15, 0.2) is 30.0 Å². The number of likely N-dealkylation sites (N-methyl/N-ethyl adjacent to an activating group) is 1. The molecule has 0 aromatic heterocycles. The molecule has 4 nitrogen and oxygen atoms in total. The van der Waals surface area contributed by atoms with Gasteiger partial charge in [0.05, 0.1) is 6.10 Å².